The van der Waals surface area contributed by atoms with Crippen LogP contribution in [-0.4, -0.2) is 37.5 Å². The maximum absolute atomic E-state index is 12.4. The molecule has 0 radical (unpaired) electrons. The SMILES string of the molecule is CCC1(C)CC1C(=O)N1CCC(CCNC)CC1.Cl. The van der Waals surface area contributed by atoms with Crippen molar-refractivity contribution in [2.45, 2.75) is 46.0 Å². The topological polar surface area (TPSA) is 32.3 Å². The Morgan fingerprint density at radius 2 is 2.00 bits per heavy atom. The fraction of sp³-hybridized carbons (Fsp3) is 0.933. The van der Waals surface area contributed by atoms with Crippen molar-refractivity contribution in [3.63, 3.8) is 0 Å². The smallest absolute Gasteiger partial charge is 0.226 e. The van der Waals surface area contributed by atoms with Crippen molar-refractivity contribution in [3.05, 3.63) is 0 Å². The predicted octanol–water partition coefficient (Wildman–Crippen LogP) is 2.69. The van der Waals surface area contributed by atoms with E-state index >= 15 is 0 Å². The van der Waals surface area contributed by atoms with Gasteiger partial charge in [0.1, 0.15) is 0 Å². The van der Waals surface area contributed by atoms with Gasteiger partial charge in [-0.15, -0.1) is 12.4 Å². The van der Waals surface area contributed by atoms with Crippen molar-refractivity contribution in [2.24, 2.45) is 17.3 Å². The summed E-state index contributed by atoms with van der Waals surface area (Å²) in [7, 11) is 2.01. The van der Waals surface area contributed by atoms with Crippen molar-refractivity contribution in [2.75, 3.05) is 26.7 Å². The minimum Gasteiger partial charge on any atom is -0.342 e. The molecule has 2 unspecified atom stereocenters. The first-order valence-corrected chi connectivity index (χ1v) is 7.54. The van der Waals surface area contributed by atoms with Gasteiger partial charge in [0.05, 0.1) is 0 Å². The molecule has 1 heterocycles. The molecule has 1 saturated heterocycles. The molecule has 1 aliphatic carbocycles. The Bertz CT molecular complexity index is 303. The number of rotatable bonds is 5. The number of amides is 1. The number of carbonyl (C=O) groups excluding carboxylic acids is 1. The zero-order valence-electron chi connectivity index (χ0n) is 12.6. The van der Waals surface area contributed by atoms with Gasteiger partial charge in [-0.05, 0) is 57.0 Å². The van der Waals surface area contributed by atoms with Crippen LogP contribution >= 0.6 is 12.4 Å². The average Bonchev–Trinajstić information content (AvgIpc) is 3.09. The molecular formula is C15H29ClN2O. The van der Waals surface area contributed by atoms with Crippen LogP contribution in [0.25, 0.3) is 0 Å². The van der Waals surface area contributed by atoms with E-state index in [2.05, 4.69) is 24.1 Å². The molecule has 3 nitrogen and oxygen atoms in total. The van der Waals surface area contributed by atoms with Crippen LogP contribution in [0.3, 0.4) is 0 Å². The van der Waals surface area contributed by atoms with E-state index in [1.807, 2.05) is 7.05 Å². The first kappa shape index (κ1) is 16.8. The largest absolute Gasteiger partial charge is 0.342 e. The number of hydrogen-bond acceptors (Lipinski definition) is 2. The summed E-state index contributed by atoms with van der Waals surface area (Å²) in [6.45, 7) is 7.55. The molecule has 2 aliphatic rings. The molecule has 0 aromatic carbocycles. The second-order valence-corrected chi connectivity index (χ2v) is 6.43. The van der Waals surface area contributed by atoms with Gasteiger partial charge in [-0.2, -0.15) is 0 Å². The van der Waals surface area contributed by atoms with Gasteiger partial charge < -0.3 is 10.2 Å². The molecule has 19 heavy (non-hydrogen) atoms. The molecular weight excluding hydrogens is 260 g/mol. The summed E-state index contributed by atoms with van der Waals surface area (Å²) in [5, 5.41) is 3.22. The van der Waals surface area contributed by atoms with Crippen molar-refractivity contribution < 1.29 is 4.79 Å². The zero-order valence-corrected chi connectivity index (χ0v) is 13.4. The lowest BCUT2D eigenvalue weighted by Crippen LogP contribution is -2.40. The summed E-state index contributed by atoms with van der Waals surface area (Å²) in [5.74, 6) is 1.58. The second-order valence-electron chi connectivity index (χ2n) is 6.43. The van der Waals surface area contributed by atoms with E-state index in [-0.39, 0.29) is 12.4 Å². The van der Waals surface area contributed by atoms with Crippen molar-refractivity contribution in [3.8, 4) is 0 Å². The molecule has 0 bridgehead atoms. The molecule has 1 aliphatic heterocycles. The lowest BCUT2D eigenvalue weighted by Gasteiger charge is -2.32. The van der Waals surface area contributed by atoms with Gasteiger partial charge in [-0.3, -0.25) is 4.79 Å². The number of nitrogens with one attached hydrogen (secondary N) is 1. The average molecular weight is 289 g/mol. The van der Waals surface area contributed by atoms with Gasteiger partial charge in [-0.1, -0.05) is 13.8 Å². The third-order valence-electron chi connectivity index (χ3n) is 5.19. The summed E-state index contributed by atoms with van der Waals surface area (Å²) in [5.41, 5.74) is 0.320. The van der Waals surface area contributed by atoms with Crippen LogP contribution in [0.5, 0.6) is 0 Å². The van der Waals surface area contributed by atoms with Crippen LogP contribution in [0, 0.1) is 17.3 Å². The van der Waals surface area contributed by atoms with E-state index in [4.69, 9.17) is 0 Å². The first-order valence-electron chi connectivity index (χ1n) is 7.54. The van der Waals surface area contributed by atoms with E-state index in [9.17, 15) is 4.79 Å². The maximum atomic E-state index is 12.4. The van der Waals surface area contributed by atoms with Gasteiger partial charge in [0.2, 0.25) is 5.91 Å². The quantitative estimate of drug-likeness (QED) is 0.844. The predicted molar refractivity (Wildman–Crippen MR) is 81.6 cm³/mol. The molecule has 0 aromatic rings. The molecule has 4 heteroatoms. The van der Waals surface area contributed by atoms with Gasteiger partial charge in [0.25, 0.3) is 0 Å². The number of piperidine rings is 1. The Morgan fingerprint density at radius 1 is 1.37 bits per heavy atom. The molecule has 2 atom stereocenters. The van der Waals surface area contributed by atoms with Crippen LogP contribution in [-0.2, 0) is 4.79 Å². The summed E-state index contributed by atoms with van der Waals surface area (Å²) in [6, 6.07) is 0. The second kappa shape index (κ2) is 6.94. The van der Waals surface area contributed by atoms with Gasteiger partial charge >= 0.3 is 0 Å². The third-order valence-corrected chi connectivity index (χ3v) is 5.19. The van der Waals surface area contributed by atoms with Crippen molar-refractivity contribution >= 4 is 18.3 Å². The first-order chi connectivity index (χ1) is 8.60. The van der Waals surface area contributed by atoms with Crippen LogP contribution in [0.2, 0.25) is 0 Å². The van der Waals surface area contributed by atoms with Crippen LogP contribution in [0.1, 0.15) is 46.0 Å². The Kier molecular flexibility index (Phi) is 6.13. The maximum Gasteiger partial charge on any atom is 0.226 e. The fourth-order valence-electron chi connectivity index (χ4n) is 3.19. The molecule has 0 spiro atoms. The lowest BCUT2D eigenvalue weighted by atomic mass is 9.93. The molecule has 2 fully saturated rings. The Labute approximate surface area is 123 Å². The highest BCUT2D eigenvalue weighted by Crippen LogP contribution is 2.55. The van der Waals surface area contributed by atoms with E-state index in [0.29, 0.717) is 17.2 Å². The van der Waals surface area contributed by atoms with Crippen molar-refractivity contribution in [1.29, 1.82) is 0 Å². The monoisotopic (exact) mass is 288 g/mol. The van der Waals surface area contributed by atoms with E-state index in [1.54, 1.807) is 0 Å². The summed E-state index contributed by atoms with van der Waals surface area (Å²) >= 11 is 0. The summed E-state index contributed by atoms with van der Waals surface area (Å²) < 4.78 is 0. The number of halogens is 1. The Morgan fingerprint density at radius 3 is 2.47 bits per heavy atom. The normalized spacial score (nSPS) is 30.9. The highest BCUT2D eigenvalue weighted by Gasteiger charge is 2.54. The van der Waals surface area contributed by atoms with Crippen LogP contribution in [0.4, 0.5) is 0 Å². The molecule has 1 saturated carbocycles. The van der Waals surface area contributed by atoms with Gasteiger partial charge in [0, 0.05) is 19.0 Å². The van der Waals surface area contributed by atoms with Crippen LogP contribution < -0.4 is 5.32 Å². The van der Waals surface area contributed by atoms with Crippen LogP contribution in [0.15, 0.2) is 0 Å². The van der Waals surface area contributed by atoms with E-state index in [1.165, 1.54) is 19.3 Å². The molecule has 1 amide bonds. The fourth-order valence-corrected chi connectivity index (χ4v) is 3.19. The highest BCUT2D eigenvalue weighted by atomic mass is 35.5. The summed E-state index contributed by atoms with van der Waals surface area (Å²) in [4.78, 5) is 14.5. The Balaban J connectivity index is 0.00000180. The minimum atomic E-state index is 0. The van der Waals surface area contributed by atoms with E-state index in [0.717, 1.165) is 38.4 Å². The molecule has 0 aromatic heterocycles. The number of nitrogens with zero attached hydrogens (tertiary/aromatic N) is 1. The molecule has 112 valence electrons. The highest BCUT2D eigenvalue weighted by molar-refractivity contribution is 5.85. The number of carbonyl (C=O) groups is 1. The van der Waals surface area contributed by atoms with Gasteiger partial charge in [-0.25, -0.2) is 0 Å². The lowest BCUT2D eigenvalue weighted by molar-refractivity contribution is -0.134. The zero-order chi connectivity index (χ0) is 13.2. The number of likely N-dealkylation sites (tertiary alicyclic amines) is 1. The standard InChI is InChI=1S/C15H28N2O.ClH/c1-4-15(2)11-13(15)14(18)17-9-6-12(7-10-17)5-8-16-3;/h12-13,16H,4-11H2,1-3H3;1H. The Hall–Kier alpha value is -0.280. The van der Waals surface area contributed by atoms with E-state index < -0.39 is 0 Å². The minimum absolute atomic E-state index is 0. The molecule has 2 rings (SSSR count). The molecule has 1 N–H and O–H groups in total. The van der Waals surface area contributed by atoms with Gasteiger partial charge in [0.15, 0.2) is 0 Å². The summed E-state index contributed by atoms with van der Waals surface area (Å²) in [6.07, 6.45) is 5.91. The van der Waals surface area contributed by atoms with Crippen molar-refractivity contribution in [1.82, 2.24) is 10.2 Å². The third kappa shape index (κ3) is 3.85. The number of hydrogen-bond donors (Lipinski definition) is 1.